The van der Waals surface area contributed by atoms with Gasteiger partial charge in [-0.2, -0.15) is 5.48 Å². The van der Waals surface area contributed by atoms with Gasteiger partial charge in [0.05, 0.1) is 7.11 Å². The van der Waals surface area contributed by atoms with Crippen LogP contribution in [-0.2, 0) is 11.4 Å². The summed E-state index contributed by atoms with van der Waals surface area (Å²) < 4.78 is 12.6. The first-order valence-electron chi connectivity index (χ1n) is 3.61. The van der Waals surface area contributed by atoms with E-state index in [1.54, 1.807) is 0 Å². The maximum absolute atomic E-state index is 12.6. The van der Waals surface area contributed by atoms with E-state index in [4.69, 9.17) is 5.11 Å². The van der Waals surface area contributed by atoms with Gasteiger partial charge in [-0.15, -0.1) is 0 Å². The standard InChI is InChI=1S/C8H10FNO3/c1-13-10-4-5-2-8(12)6(9)3-7(5)11/h2-3,10-12H,4H2,1H3. The number of nitrogens with one attached hydrogen (secondary N) is 1. The van der Waals surface area contributed by atoms with E-state index in [-0.39, 0.29) is 12.3 Å². The average Bonchev–Trinajstić information content (AvgIpc) is 2.09. The highest BCUT2D eigenvalue weighted by atomic mass is 19.1. The highest BCUT2D eigenvalue weighted by molar-refractivity contribution is 5.39. The number of halogens is 1. The summed E-state index contributed by atoms with van der Waals surface area (Å²) in [6, 6.07) is 1.98. The SMILES string of the molecule is CONCc1cc(O)c(F)cc1O. The Morgan fingerprint density at radius 3 is 2.69 bits per heavy atom. The molecule has 1 aromatic carbocycles. The maximum atomic E-state index is 12.6. The Balaban J connectivity index is 2.88. The normalized spacial score (nSPS) is 10.3. The molecular formula is C8H10FNO3. The Labute approximate surface area is 74.5 Å². The maximum Gasteiger partial charge on any atom is 0.168 e. The predicted molar refractivity (Wildman–Crippen MR) is 43.6 cm³/mol. The van der Waals surface area contributed by atoms with Gasteiger partial charge < -0.3 is 15.1 Å². The van der Waals surface area contributed by atoms with Gasteiger partial charge in [-0.25, -0.2) is 4.39 Å². The van der Waals surface area contributed by atoms with Crippen molar-refractivity contribution in [2.75, 3.05) is 7.11 Å². The zero-order chi connectivity index (χ0) is 9.84. The lowest BCUT2D eigenvalue weighted by atomic mass is 10.2. The molecular weight excluding hydrogens is 177 g/mol. The van der Waals surface area contributed by atoms with Gasteiger partial charge in [-0.3, -0.25) is 0 Å². The van der Waals surface area contributed by atoms with E-state index in [2.05, 4.69) is 10.3 Å². The van der Waals surface area contributed by atoms with Crippen molar-refractivity contribution in [3.8, 4) is 11.5 Å². The molecule has 0 amide bonds. The Morgan fingerprint density at radius 2 is 2.08 bits per heavy atom. The molecule has 0 fully saturated rings. The van der Waals surface area contributed by atoms with Crippen LogP contribution >= 0.6 is 0 Å². The Morgan fingerprint density at radius 1 is 1.38 bits per heavy atom. The molecule has 0 aliphatic heterocycles. The highest BCUT2D eigenvalue weighted by Gasteiger charge is 2.07. The van der Waals surface area contributed by atoms with Crippen molar-refractivity contribution in [3.05, 3.63) is 23.5 Å². The van der Waals surface area contributed by atoms with Crippen molar-refractivity contribution in [3.63, 3.8) is 0 Å². The fraction of sp³-hybridized carbons (Fsp3) is 0.250. The summed E-state index contributed by atoms with van der Waals surface area (Å²) in [4.78, 5) is 4.53. The molecule has 0 unspecified atom stereocenters. The first-order chi connectivity index (χ1) is 6.15. The summed E-state index contributed by atoms with van der Waals surface area (Å²) in [6.45, 7) is 0.191. The molecule has 0 radical (unpaired) electrons. The second-order valence-electron chi connectivity index (χ2n) is 2.46. The van der Waals surface area contributed by atoms with Crippen molar-refractivity contribution in [1.29, 1.82) is 0 Å². The fourth-order valence-electron chi connectivity index (χ4n) is 0.886. The van der Waals surface area contributed by atoms with Crippen LogP contribution in [0.2, 0.25) is 0 Å². The molecule has 1 aromatic rings. The van der Waals surface area contributed by atoms with Crippen molar-refractivity contribution < 1.29 is 19.4 Å². The van der Waals surface area contributed by atoms with Gasteiger partial charge in [-0.1, -0.05) is 0 Å². The summed E-state index contributed by atoms with van der Waals surface area (Å²) in [5.74, 6) is -1.57. The topological polar surface area (TPSA) is 61.7 Å². The molecule has 0 aromatic heterocycles. The van der Waals surface area contributed by atoms with E-state index >= 15 is 0 Å². The Kier molecular flexibility index (Phi) is 3.05. The van der Waals surface area contributed by atoms with Crippen LogP contribution in [0.4, 0.5) is 4.39 Å². The van der Waals surface area contributed by atoms with E-state index in [0.717, 1.165) is 12.1 Å². The van der Waals surface area contributed by atoms with E-state index in [0.29, 0.717) is 5.56 Å². The van der Waals surface area contributed by atoms with Crippen LogP contribution in [-0.4, -0.2) is 17.3 Å². The summed E-state index contributed by atoms with van der Waals surface area (Å²) in [5.41, 5.74) is 2.82. The van der Waals surface area contributed by atoms with Gasteiger partial charge in [0.15, 0.2) is 11.6 Å². The molecule has 3 N–H and O–H groups in total. The summed E-state index contributed by atoms with van der Waals surface area (Å²) in [6.07, 6.45) is 0. The quantitative estimate of drug-likeness (QED) is 0.485. The number of hydroxylamine groups is 1. The Bertz CT molecular complexity index is 304. The monoisotopic (exact) mass is 187 g/mol. The van der Waals surface area contributed by atoms with E-state index in [1.165, 1.54) is 7.11 Å². The van der Waals surface area contributed by atoms with Crippen LogP contribution in [0.15, 0.2) is 12.1 Å². The third kappa shape index (κ3) is 2.30. The summed E-state index contributed by atoms with van der Waals surface area (Å²) in [7, 11) is 1.42. The molecule has 72 valence electrons. The zero-order valence-electron chi connectivity index (χ0n) is 7.04. The smallest absolute Gasteiger partial charge is 0.168 e. The van der Waals surface area contributed by atoms with Crippen LogP contribution in [0.1, 0.15) is 5.56 Å². The lowest BCUT2D eigenvalue weighted by molar-refractivity contribution is 0.0861. The molecule has 0 spiro atoms. The third-order valence-corrected chi connectivity index (χ3v) is 1.56. The number of benzene rings is 1. The molecule has 0 aliphatic carbocycles. The molecule has 13 heavy (non-hydrogen) atoms. The predicted octanol–water partition coefficient (Wildman–Crippen LogP) is 0.888. The van der Waals surface area contributed by atoms with Crippen LogP contribution in [0, 0.1) is 5.82 Å². The fourth-order valence-corrected chi connectivity index (χ4v) is 0.886. The molecule has 0 saturated heterocycles. The lowest BCUT2D eigenvalue weighted by Crippen LogP contribution is -2.10. The van der Waals surface area contributed by atoms with Crippen molar-refractivity contribution in [1.82, 2.24) is 5.48 Å². The first-order valence-corrected chi connectivity index (χ1v) is 3.61. The van der Waals surface area contributed by atoms with Gasteiger partial charge in [0.1, 0.15) is 5.75 Å². The highest BCUT2D eigenvalue weighted by Crippen LogP contribution is 2.25. The average molecular weight is 187 g/mol. The largest absolute Gasteiger partial charge is 0.508 e. The number of hydrogen-bond acceptors (Lipinski definition) is 4. The minimum atomic E-state index is -0.848. The number of phenolic OH excluding ortho intramolecular Hbond substituents is 2. The summed E-state index contributed by atoms with van der Waals surface area (Å²) in [5, 5.41) is 18.2. The summed E-state index contributed by atoms with van der Waals surface area (Å²) >= 11 is 0. The molecule has 1 rings (SSSR count). The van der Waals surface area contributed by atoms with Gasteiger partial charge in [0, 0.05) is 18.2 Å². The number of hydrogen-bond donors (Lipinski definition) is 3. The molecule has 0 heterocycles. The van der Waals surface area contributed by atoms with E-state index in [1.807, 2.05) is 0 Å². The number of phenols is 2. The van der Waals surface area contributed by atoms with Crippen molar-refractivity contribution >= 4 is 0 Å². The minimum Gasteiger partial charge on any atom is -0.508 e. The molecule has 4 nitrogen and oxygen atoms in total. The second kappa shape index (κ2) is 4.06. The van der Waals surface area contributed by atoms with E-state index in [9.17, 15) is 9.50 Å². The van der Waals surface area contributed by atoms with E-state index < -0.39 is 11.6 Å². The van der Waals surface area contributed by atoms with Gasteiger partial charge in [0.25, 0.3) is 0 Å². The number of rotatable bonds is 3. The molecule has 0 bridgehead atoms. The van der Waals surface area contributed by atoms with Crippen molar-refractivity contribution in [2.45, 2.75) is 6.54 Å². The van der Waals surface area contributed by atoms with Crippen molar-refractivity contribution in [2.24, 2.45) is 0 Å². The Hall–Kier alpha value is -1.33. The number of aromatic hydroxyl groups is 2. The van der Waals surface area contributed by atoms with Gasteiger partial charge in [-0.05, 0) is 6.07 Å². The first kappa shape index (κ1) is 9.76. The molecule has 0 atom stereocenters. The molecule has 0 saturated carbocycles. The lowest BCUT2D eigenvalue weighted by Gasteiger charge is -2.05. The molecule has 0 aliphatic rings. The molecule has 5 heteroatoms. The van der Waals surface area contributed by atoms with Crippen LogP contribution in [0.3, 0.4) is 0 Å². The second-order valence-corrected chi connectivity index (χ2v) is 2.46. The van der Waals surface area contributed by atoms with Gasteiger partial charge in [0.2, 0.25) is 0 Å². The zero-order valence-corrected chi connectivity index (χ0v) is 7.04. The van der Waals surface area contributed by atoms with Gasteiger partial charge >= 0.3 is 0 Å². The van der Waals surface area contributed by atoms with Crippen LogP contribution in [0.5, 0.6) is 11.5 Å². The minimum absolute atomic E-state index is 0.191. The van der Waals surface area contributed by atoms with Crippen LogP contribution in [0.25, 0.3) is 0 Å². The third-order valence-electron chi connectivity index (χ3n) is 1.56. The van der Waals surface area contributed by atoms with Crippen LogP contribution < -0.4 is 5.48 Å².